The summed E-state index contributed by atoms with van der Waals surface area (Å²) in [7, 11) is -4.13. The van der Waals surface area contributed by atoms with Gasteiger partial charge >= 0.3 is 0 Å². The summed E-state index contributed by atoms with van der Waals surface area (Å²) < 4.78 is 38.6. The Morgan fingerprint density at radius 1 is 0.806 bits per heavy atom. The molecule has 0 aliphatic carbocycles. The zero-order valence-electron chi connectivity index (χ0n) is 20.4. The van der Waals surface area contributed by atoms with Crippen LogP contribution in [0.1, 0.15) is 116 Å². The Labute approximate surface area is 191 Å². The topological polar surface area (TPSA) is 63.6 Å². The van der Waals surface area contributed by atoms with Crippen molar-refractivity contribution in [2.24, 2.45) is 0 Å². The van der Waals surface area contributed by atoms with Crippen molar-refractivity contribution in [3.63, 3.8) is 0 Å². The van der Waals surface area contributed by atoms with E-state index in [1.54, 1.807) is 6.92 Å². The molecule has 0 aromatic heterocycles. The van der Waals surface area contributed by atoms with Gasteiger partial charge in [-0.2, -0.15) is 8.42 Å². The molecule has 0 radical (unpaired) electrons. The Hall–Kier alpha value is -1.07. The minimum atomic E-state index is -4.13. The van der Waals surface area contributed by atoms with Crippen molar-refractivity contribution >= 4 is 10.1 Å². The quantitative estimate of drug-likeness (QED) is 0.184. The predicted molar refractivity (Wildman–Crippen MR) is 132 cm³/mol. The number of aryl methyl sites for hydroxylation is 1. The van der Waals surface area contributed by atoms with Gasteiger partial charge in [-0.1, -0.05) is 90.2 Å². The molecule has 1 N–H and O–H groups in total. The second-order valence-electron chi connectivity index (χ2n) is 8.97. The molecule has 1 rings (SSSR count). The van der Waals surface area contributed by atoms with E-state index < -0.39 is 21.5 Å². The van der Waals surface area contributed by atoms with E-state index in [1.807, 2.05) is 12.1 Å². The molecule has 180 valence electrons. The Bertz CT molecular complexity index is 699. The van der Waals surface area contributed by atoms with Crippen LogP contribution in [0, 0.1) is 0 Å². The first-order chi connectivity index (χ1) is 14.8. The third kappa shape index (κ3) is 11.4. The van der Waals surface area contributed by atoms with Crippen LogP contribution in [0.4, 0.5) is 0 Å². The first-order valence-electron chi connectivity index (χ1n) is 12.5. The van der Waals surface area contributed by atoms with E-state index in [9.17, 15) is 13.0 Å². The van der Waals surface area contributed by atoms with Gasteiger partial charge in [-0.15, -0.1) is 0 Å². The SMILES string of the molecule is CCCCCCCCc1cccc(OC(C)C(C)S(=O)(=O)O)c1CCCCCCCC. The molecule has 4 nitrogen and oxygen atoms in total. The lowest BCUT2D eigenvalue weighted by molar-refractivity contribution is 0.212. The third-order valence-electron chi connectivity index (χ3n) is 6.25. The Morgan fingerprint density at radius 3 is 1.87 bits per heavy atom. The van der Waals surface area contributed by atoms with E-state index in [-0.39, 0.29) is 0 Å². The zero-order chi connectivity index (χ0) is 23.1. The second kappa shape index (κ2) is 15.7. The molecule has 0 saturated heterocycles. The lowest BCUT2D eigenvalue weighted by Gasteiger charge is -2.22. The van der Waals surface area contributed by atoms with Gasteiger partial charge in [-0.25, -0.2) is 0 Å². The highest BCUT2D eigenvalue weighted by molar-refractivity contribution is 7.86. The largest absolute Gasteiger partial charge is 0.489 e. The molecule has 0 aliphatic heterocycles. The van der Waals surface area contributed by atoms with Crippen LogP contribution in [0.25, 0.3) is 0 Å². The van der Waals surface area contributed by atoms with Crippen LogP contribution >= 0.6 is 0 Å². The van der Waals surface area contributed by atoms with Gasteiger partial charge in [0.15, 0.2) is 0 Å². The van der Waals surface area contributed by atoms with Crippen molar-refractivity contribution in [1.29, 1.82) is 0 Å². The van der Waals surface area contributed by atoms with Crippen molar-refractivity contribution in [3.05, 3.63) is 29.3 Å². The van der Waals surface area contributed by atoms with Crippen molar-refractivity contribution in [1.82, 2.24) is 0 Å². The van der Waals surface area contributed by atoms with Crippen LogP contribution in [0.2, 0.25) is 0 Å². The molecule has 31 heavy (non-hydrogen) atoms. The van der Waals surface area contributed by atoms with Crippen molar-refractivity contribution in [2.45, 2.75) is 129 Å². The Balaban J connectivity index is 2.83. The summed E-state index contributed by atoms with van der Waals surface area (Å²) in [5.41, 5.74) is 2.55. The average molecular weight is 455 g/mol. The van der Waals surface area contributed by atoms with E-state index >= 15 is 0 Å². The molecular weight excluding hydrogens is 408 g/mol. The number of unbranched alkanes of at least 4 members (excludes halogenated alkanes) is 10. The highest BCUT2D eigenvalue weighted by Gasteiger charge is 2.26. The van der Waals surface area contributed by atoms with Crippen molar-refractivity contribution < 1.29 is 17.7 Å². The number of hydrogen-bond donors (Lipinski definition) is 1. The van der Waals surface area contributed by atoms with Crippen molar-refractivity contribution in [3.8, 4) is 5.75 Å². The number of hydrogen-bond acceptors (Lipinski definition) is 3. The maximum absolute atomic E-state index is 11.5. The number of rotatable bonds is 18. The van der Waals surface area contributed by atoms with Crippen LogP contribution in [-0.4, -0.2) is 24.3 Å². The maximum Gasteiger partial charge on any atom is 0.271 e. The minimum Gasteiger partial charge on any atom is -0.489 e. The molecule has 0 spiro atoms. The van der Waals surface area contributed by atoms with Crippen LogP contribution in [-0.2, 0) is 23.0 Å². The molecule has 1 aromatic carbocycles. The summed E-state index contributed by atoms with van der Waals surface area (Å²) in [6.07, 6.45) is 16.4. The molecule has 0 saturated carbocycles. The summed E-state index contributed by atoms with van der Waals surface area (Å²) in [4.78, 5) is 0. The smallest absolute Gasteiger partial charge is 0.271 e. The van der Waals surface area contributed by atoms with Gasteiger partial charge in [-0.05, 0) is 56.7 Å². The molecule has 0 heterocycles. The van der Waals surface area contributed by atoms with E-state index in [4.69, 9.17) is 4.74 Å². The van der Waals surface area contributed by atoms with Gasteiger partial charge in [0, 0.05) is 0 Å². The Kier molecular flexibility index (Phi) is 14.1. The van der Waals surface area contributed by atoms with Crippen LogP contribution < -0.4 is 4.74 Å². The van der Waals surface area contributed by atoms with Gasteiger partial charge in [0.25, 0.3) is 10.1 Å². The summed E-state index contributed by atoms with van der Waals surface area (Å²) >= 11 is 0. The second-order valence-corrected chi connectivity index (χ2v) is 10.7. The van der Waals surface area contributed by atoms with E-state index in [2.05, 4.69) is 19.9 Å². The molecular formula is C26H46O4S. The molecule has 2 atom stereocenters. The summed E-state index contributed by atoms with van der Waals surface area (Å²) in [5.74, 6) is 0.778. The van der Waals surface area contributed by atoms with E-state index in [0.717, 1.165) is 25.0 Å². The molecule has 0 bridgehead atoms. The average Bonchev–Trinajstić information content (AvgIpc) is 2.73. The molecule has 0 aliphatic rings. The molecule has 0 fully saturated rings. The lowest BCUT2D eigenvalue weighted by Crippen LogP contribution is -2.33. The van der Waals surface area contributed by atoms with Gasteiger partial charge in [0.2, 0.25) is 0 Å². The number of ether oxygens (including phenoxy) is 1. The fourth-order valence-electron chi connectivity index (χ4n) is 3.96. The van der Waals surface area contributed by atoms with Crippen LogP contribution in [0.3, 0.4) is 0 Å². The number of benzene rings is 1. The van der Waals surface area contributed by atoms with Gasteiger partial charge in [0.1, 0.15) is 17.1 Å². The summed E-state index contributed by atoms with van der Waals surface area (Å²) in [6.45, 7) is 7.68. The standard InChI is InChI=1S/C26H46O4S/c1-5-7-9-11-13-15-18-24-19-17-21-26(30-22(3)23(4)31(27,28)29)25(24)20-16-14-12-10-8-6-2/h17,19,21-23H,5-16,18,20H2,1-4H3,(H,27,28,29). The molecule has 0 amide bonds. The van der Waals surface area contributed by atoms with Gasteiger partial charge in [0.05, 0.1) is 0 Å². The van der Waals surface area contributed by atoms with Gasteiger partial charge in [-0.3, -0.25) is 4.55 Å². The minimum absolute atomic E-state index is 0.609. The fourth-order valence-corrected chi connectivity index (χ4v) is 4.50. The molecule has 5 heteroatoms. The predicted octanol–water partition coefficient (Wildman–Crippen LogP) is 7.54. The molecule has 2 unspecified atom stereocenters. The van der Waals surface area contributed by atoms with Crippen LogP contribution in [0.5, 0.6) is 5.75 Å². The fraction of sp³-hybridized carbons (Fsp3) is 0.769. The Morgan fingerprint density at radius 2 is 1.32 bits per heavy atom. The van der Waals surface area contributed by atoms with Crippen molar-refractivity contribution in [2.75, 3.05) is 0 Å². The first kappa shape index (κ1) is 28.0. The molecule has 1 aromatic rings. The zero-order valence-corrected chi connectivity index (χ0v) is 21.2. The normalized spacial score (nSPS) is 13.8. The monoisotopic (exact) mass is 454 g/mol. The van der Waals surface area contributed by atoms with Crippen LogP contribution in [0.15, 0.2) is 18.2 Å². The van der Waals surface area contributed by atoms with Gasteiger partial charge < -0.3 is 4.74 Å². The maximum atomic E-state index is 11.5. The highest BCUT2D eigenvalue weighted by Crippen LogP contribution is 2.28. The highest BCUT2D eigenvalue weighted by atomic mass is 32.2. The first-order valence-corrected chi connectivity index (χ1v) is 14.0. The van der Waals surface area contributed by atoms with E-state index in [1.165, 1.54) is 88.7 Å². The van der Waals surface area contributed by atoms with E-state index in [0.29, 0.717) is 0 Å². The summed E-state index contributed by atoms with van der Waals surface area (Å²) in [5, 5.41) is -0.961. The lowest BCUT2D eigenvalue weighted by atomic mass is 9.95. The summed E-state index contributed by atoms with van der Waals surface area (Å²) in [6, 6.07) is 6.16. The third-order valence-corrected chi connectivity index (χ3v) is 7.58.